The smallest absolute Gasteiger partial charge is 0.281 e. The van der Waals surface area contributed by atoms with E-state index in [2.05, 4.69) is 25.0 Å². The Morgan fingerprint density at radius 1 is 1.23 bits per heavy atom. The molecule has 1 aliphatic rings. The lowest BCUT2D eigenvalue weighted by Gasteiger charge is -2.23. The zero-order chi connectivity index (χ0) is 28.6. The highest BCUT2D eigenvalue weighted by molar-refractivity contribution is 7.97. The summed E-state index contributed by atoms with van der Waals surface area (Å²) in [5, 5.41) is 8.31. The van der Waals surface area contributed by atoms with Gasteiger partial charge in [0.2, 0.25) is 11.8 Å². The SMILES string of the molecule is CSNC(=O)c1nc(Cl)ccc1NC(C)c1cc(C)cc2c(=O)n(C)c(N3CCC(Oc4ccnn4C)C3)nc12. The summed E-state index contributed by atoms with van der Waals surface area (Å²) in [4.78, 5) is 37.6. The number of pyridine rings is 1. The molecule has 0 spiro atoms. The van der Waals surface area contributed by atoms with Gasteiger partial charge in [0.25, 0.3) is 11.5 Å². The molecule has 210 valence electrons. The molecule has 1 saturated heterocycles. The lowest BCUT2D eigenvalue weighted by Crippen LogP contribution is -2.32. The minimum atomic E-state index is -0.356. The number of nitrogens with one attached hydrogen (secondary N) is 2. The van der Waals surface area contributed by atoms with Crippen LogP contribution < -0.4 is 25.2 Å². The molecule has 1 amide bonds. The van der Waals surface area contributed by atoms with E-state index in [0.29, 0.717) is 41.5 Å². The number of anilines is 2. The summed E-state index contributed by atoms with van der Waals surface area (Å²) in [7, 11) is 3.59. The molecule has 0 bridgehead atoms. The van der Waals surface area contributed by atoms with Gasteiger partial charge in [-0.25, -0.2) is 14.6 Å². The lowest BCUT2D eigenvalue weighted by atomic mass is 10.0. The number of benzene rings is 1. The third kappa shape index (κ3) is 5.46. The number of halogens is 1. The molecule has 0 radical (unpaired) electrons. The minimum Gasteiger partial charge on any atom is -0.473 e. The Labute approximate surface area is 241 Å². The van der Waals surface area contributed by atoms with Gasteiger partial charge in [-0.1, -0.05) is 29.6 Å². The fourth-order valence-electron chi connectivity index (χ4n) is 4.99. The first-order valence-electron chi connectivity index (χ1n) is 12.8. The van der Waals surface area contributed by atoms with Crippen LogP contribution in [0.1, 0.15) is 41.0 Å². The molecule has 0 aliphatic carbocycles. The Morgan fingerprint density at radius 2 is 2.02 bits per heavy atom. The van der Waals surface area contributed by atoms with E-state index < -0.39 is 0 Å². The predicted octanol–water partition coefficient (Wildman–Crippen LogP) is 3.86. The maximum absolute atomic E-state index is 13.6. The molecular formula is C27H31ClN8O3S. The Morgan fingerprint density at radius 3 is 2.75 bits per heavy atom. The number of fused-ring (bicyclic) bond motifs is 1. The van der Waals surface area contributed by atoms with E-state index in [-0.39, 0.29) is 34.5 Å². The van der Waals surface area contributed by atoms with Crippen LogP contribution in [0.3, 0.4) is 0 Å². The van der Waals surface area contributed by atoms with E-state index in [9.17, 15) is 9.59 Å². The molecule has 40 heavy (non-hydrogen) atoms. The number of aromatic nitrogens is 5. The van der Waals surface area contributed by atoms with Crippen LogP contribution in [0.15, 0.2) is 41.3 Å². The second-order valence-corrected chi connectivity index (χ2v) is 10.8. The summed E-state index contributed by atoms with van der Waals surface area (Å²) >= 11 is 7.27. The van der Waals surface area contributed by atoms with Crippen LogP contribution in [0.2, 0.25) is 5.15 Å². The maximum Gasteiger partial charge on any atom is 0.281 e. The molecule has 2 N–H and O–H groups in total. The Hall–Kier alpha value is -3.77. The van der Waals surface area contributed by atoms with Crippen molar-refractivity contribution in [2.45, 2.75) is 32.4 Å². The van der Waals surface area contributed by atoms with Gasteiger partial charge in [-0.05, 0) is 37.6 Å². The van der Waals surface area contributed by atoms with Crippen LogP contribution in [0.4, 0.5) is 11.6 Å². The van der Waals surface area contributed by atoms with Crippen LogP contribution in [0.25, 0.3) is 10.9 Å². The van der Waals surface area contributed by atoms with Crippen LogP contribution in [0, 0.1) is 6.92 Å². The van der Waals surface area contributed by atoms with Crippen LogP contribution >= 0.6 is 23.5 Å². The van der Waals surface area contributed by atoms with E-state index >= 15 is 0 Å². The van der Waals surface area contributed by atoms with Crippen LogP contribution in [-0.4, -0.2) is 55.7 Å². The summed E-state index contributed by atoms with van der Waals surface area (Å²) in [6.45, 7) is 5.21. The monoisotopic (exact) mass is 582 g/mol. The topological polar surface area (TPSA) is 119 Å². The van der Waals surface area contributed by atoms with Crippen LogP contribution in [0.5, 0.6) is 5.88 Å². The Balaban J connectivity index is 1.49. The van der Waals surface area contributed by atoms with Crippen molar-refractivity contribution in [2.24, 2.45) is 14.1 Å². The summed E-state index contributed by atoms with van der Waals surface area (Å²) in [6, 6.07) is 8.76. The fourth-order valence-corrected chi connectivity index (χ4v) is 5.41. The van der Waals surface area contributed by atoms with Crippen molar-refractivity contribution < 1.29 is 9.53 Å². The zero-order valence-corrected chi connectivity index (χ0v) is 24.5. The third-order valence-electron chi connectivity index (χ3n) is 6.93. The number of amides is 1. The lowest BCUT2D eigenvalue weighted by molar-refractivity contribution is 0.0980. The molecule has 4 aromatic rings. The highest BCUT2D eigenvalue weighted by Crippen LogP contribution is 2.30. The van der Waals surface area contributed by atoms with Gasteiger partial charge < -0.3 is 15.0 Å². The van der Waals surface area contributed by atoms with Gasteiger partial charge in [-0.3, -0.25) is 18.9 Å². The molecule has 4 heterocycles. The Kier molecular flexibility index (Phi) is 7.90. The van der Waals surface area contributed by atoms with Crippen molar-refractivity contribution in [3.8, 4) is 5.88 Å². The average molecular weight is 583 g/mol. The average Bonchev–Trinajstić information content (AvgIpc) is 3.56. The molecule has 3 aromatic heterocycles. The van der Waals surface area contributed by atoms with E-state index in [0.717, 1.165) is 17.5 Å². The van der Waals surface area contributed by atoms with E-state index in [4.69, 9.17) is 21.3 Å². The number of carbonyl (C=O) groups excluding carboxylic acids is 1. The highest BCUT2D eigenvalue weighted by atomic mass is 35.5. The Bertz CT molecular complexity index is 1640. The molecule has 2 unspecified atom stereocenters. The number of carbonyl (C=O) groups is 1. The van der Waals surface area contributed by atoms with Gasteiger partial charge in [0.15, 0.2) is 5.69 Å². The molecule has 2 atom stereocenters. The van der Waals surface area contributed by atoms with Crippen molar-refractivity contribution in [3.63, 3.8) is 0 Å². The summed E-state index contributed by atoms with van der Waals surface area (Å²) < 4.78 is 12.1. The molecule has 5 rings (SSSR count). The predicted molar refractivity (Wildman–Crippen MR) is 158 cm³/mol. The van der Waals surface area contributed by atoms with Gasteiger partial charge in [-0.15, -0.1) is 0 Å². The summed E-state index contributed by atoms with van der Waals surface area (Å²) in [6.07, 6.45) is 4.20. The third-order valence-corrected chi connectivity index (χ3v) is 7.53. The van der Waals surface area contributed by atoms with Crippen molar-refractivity contribution in [1.29, 1.82) is 0 Å². The first kappa shape index (κ1) is 27.8. The standard InChI is InChI=1S/C27H31ClN8O3S/c1-15-12-18(16(2)30-20-6-7-21(28)31-24(20)25(37)33-40-5)23-19(13-15)26(38)34(3)27(32-23)36-11-9-17(14-36)39-22-8-10-29-35(22)4/h6-8,10,12-13,16-17,30H,9,11,14H2,1-5H3,(H,33,37). The first-order valence-corrected chi connectivity index (χ1v) is 14.4. The number of rotatable bonds is 8. The molecule has 11 nitrogen and oxygen atoms in total. The van der Waals surface area contributed by atoms with E-state index in [1.807, 2.05) is 39.1 Å². The highest BCUT2D eigenvalue weighted by Gasteiger charge is 2.29. The number of hydrogen-bond donors (Lipinski definition) is 2. The number of ether oxygens (including phenoxy) is 1. The number of hydrogen-bond acceptors (Lipinski definition) is 9. The first-order chi connectivity index (χ1) is 19.2. The summed E-state index contributed by atoms with van der Waals surface area (Å²) in [5.41, 5.74) is 2.96. The molecule has 1 aliphatic heterocycles. The van der Waals surface area contributed by atoms with Gasteiger partial charge in [-0.2, -0.15) is 5.10 Å². The van der Waals surface area contributed by atoms with Gasteiger partial charge >= 0.3 is 0 Å². The van der Waals surface area contributed by atoms with Crippen molar-refractivity contribution in [2.75, 3.05) is 29.6 Å². The van der Waals surface area contributed by atoms with Gasteiger partial charge in [0.05, 0.1) is 35.4 Å². The van der Waals surface area contributed by atoms with Crippen molar-refractivity contribution in [1.82, 2.24) is 29.0 Å². The molecule has 13 heteroatoms. The van der Waals surface area contributed by atoms with Crippen LogP contribution in [-0.2, 0) is 14.1 Å². The molecule has 1 aromatic carbocycles. The molecule has 0 saturated carbocycles. The number of nitrogens with zero attached hydrogens (tertiary/aromatic N) is 6. The summed E-state index contributed by atoms with van der Waals surface area (Å²) in [5.74, 6) is 0.927. The second kappa shape index (κ2) is 11.4. The fraction of sp³-hybridized carbons (Fsp3) is 0.370. The van der Waals surface area contributed by atoms with E-state index in [1.165, 1.54) is 11.9 Å². The van der Waals surface area contributed by atoms with E-state index in [1.54, 1.807) is 40.9 Å². The van der Waals surface area contributed by atoms with Gasteiger partial charge in [0, 0.05) is 44.9 Å². The van der Waals surface area contributed by atoms with Gasteiger partial charge in [0.1, 0.15) is 11.3 Å². The zero-order valence-electron chi connectivity index (χ0n) is 22.9. The maximum atomic E-state index is 13.6. The normalized spacial score (nSPS) is 15.8. The minimum absolute atomic E-state index is 0.0515. The number of aryl methyl sites for hydroxylation is 2. The molecular weight excluding hydrogens is 552 g/mol. The quantitative estimate of drug-likeness (QED) is 0.236. The van der Waals surface area contributed by atoms with Crippen molar-refractivity contribution in [3.05, 3.63) is 68.9 Å². The van der Waals surface area contributed by atoms with Crippen molar-refractivity contribution >= 4 is 52.0 Å². The second-order valence-electron chi connectivity index (χ2n) is 9.83. The largest absolute Gasteiger partial charge is 0.473 e. The molecule has 1 fully saturated rings.